The number of carbonyl (C=O) groups excluding carboxylic acids is 1. The highest BCUT2D eigenvalue weighted by atomic mass is 19.1. The number of aromatic nitrogens is 1. The molecule has 144 valence electrons. The summed E-state index contributed by atoms with van der Waals surface area (Å²) in [4.78, 5) is 17.8. The number of hydrogen-bond acceptors (Lipinski definition) is 2. The maximum Gasteiger partial charge on any atom is 0.317 e. The van der Waals surface area contributed by atoms with Crippen molar-refractivity contribution in [3.63, 3.8) is 0 Å². The average molecular weight is 377 g/mol. The van der Waals surface area contributed by atoms with Gasteiger partial charge in [0.25, 0.3) is 0 Å². The van der Waals surface area contributed by atoms with Crippen molar-refractivity contribution in [1.29, 1.82) is 0 Å². The fraction of sp³-hybridized carbons (Fsp3) is 0.400. The molecule has 2 aromatic rings. The van der Waals surface area contributed by atoms with E-state index in [2.05, 4.69) is 10.3 Å². The van der Waals surface area contributed by atoms with E-state index in [4.69, 9.17) is 0 Å². The number of rotatable bonds is 5. The largest absolute Gasteiger partial charge is 0.332 e. The fourth-order valence-corrected chi connectivity index (χ4v) is 3.33. The summed E-state index contributed by atoms with van der Waals surface area (Å²) < 4.78 is 40.2. The third-order valence-corrected chi connectivity index (χ3v) is 4.98. The Labute approximate surface area is 156 Å². The third-order valence-electron chi connectivity index (χ3n) is 4.98. The zero-order valence-corrected chi connectivity index (χ0v) is 14.9. The minimum absolute atomic E-state index is 0.0509. The number of urea groups is 1. The van der Waals surface area contributed by atoms with E-state index in [1.165, 1.54) is 30.5 Å². The highest BCUT2D eigenvalue weighted by Crippen LogP contribution is 2.23. The van der Waals surface area contributed by atoms with Crippen molar-refractivity contribution >= 4 is 6.03 Å². The smallest absolute Gasteiger partial charge is 0.317 e. The summed E-state index contributed by atoms with van der Waals surface area (Å²) in [5.74, 6) is -1.12. The van der Waals surface area contributed by atoms with Crippen molar-refractivity contribution in [2.45, 2.75) is 32.2 Å². The maximum atomic E-state index is 13.7. The molecule has 27 heavy (non-hydrogen) atoms. The van der Waals surface area contributed by atoms with Crippen LogP contribution in [-0.4, -0.2) is 29.0 Å². The zero-order chi connectivity index (χ0) is 19.2. The van der Waals surface area contributed by atoms with Crippen molar-refractivity contribution in [3.8, 4) is 0 Å². The van der Waals surface area contributed by atoms with Crippen LogP contribution in [0.1, 0.15) is 30.5 Å². The van der Waals surface area contributed by atoms with Crippen molar-refractivity contribution in [3.05, 3.63) is 65.2 Å². The molecule has 1 aromatic carbocycles. The Kier molecular flexibility index (Phi) is 6.32. The van der Waals surface area contributed by atoms with Gasteiger partial charge in [0, 0.05) is 25.4 Å². The lowest BCUT2D eigenvalue weighted by Crippen LogP contribution is -2.44. The maximum absolute atomic E-state index is 13.7. The molecule has 0 atom stereocenters. The molecule has 2 amide bonds. The van der Waals surface area contributed by atoms with Gasteiger partial charge in [-0.05, 0) is 55.4 Å². The van der Waals surface area contributed by atoms with E-state index in [0.717, 1.165) is 25.3 Å². The monoisotopic (exact) mass is 377 g/mol. The molecule has 1 aromatic heterocycles. The van der Waals surface area contributed by atoms with Gasteiger partial charge in [0.05, 0.1) is 12.2 Å². The van der Waals surface area contributed by atoms with Gasteiger partial charge < -0.3 is 10.2 Å². The number of nitrogens with zero attached hydrogens (tertiary/aromatic N) is 2. The second-order valence-electron chi connectivity index (χ2n) is 6.80. The summed E-state index contributed by atoms with van der Waals surface area (Å²) in [6.45, 7) is 1.26. The standard InChI is InChI=1S/C20H22F3N3O/c21-16-6-5-15(18(23)12-16)4-3-14-7-10-26(11-8-14)20(27)25-13-19-17(22)2-1-9-24-19/h1-2,5-6,9,12,14H,3-4,7-8,10-11,13H2,(H,25,27). The number of carbonyl (C=O) groups is 1. The molecule has 4 nitrogen and oxygen atoms in total. The van der Waals surface area contributed by atoms with Gasteiger partial charge in [-0.2, -0.15) is 0 Å². The Morgan fingerprint density at radius 1 is 1.15 bits per heavy atom. The SMILES string of the molecule is O=C(NCc1ncccc1F)N1CCC(CCc2ccc(F)cc2F)CC1. The number of aryl methyl sites for hydroxylation is 1. The lowest BCUT2D eigenvalue weighted by molar-refractivity contribution is 0.167. The number of pyridine rings is 1. The first kappa shape index (κ1) is 19.2. The molecule has 1 fully saturated rings. The third kappa shape index (κ3) is 5.21. The molecule has 1 aliphatic rings. The number of hydrogen-bond donors (Lipinski definition) is 1. The second-order valence-corrected chi connectivity index (χ2v) is 6.80. The van der Waals surface area contributed by atoms with E-state index in [1.807, 2.05) is 0 Å². The lowest BCUT2D eigenvalue weighted by Gasteiger charge is -2.32. The molecule has 0 aliphatic carbocycles. The van der Waals surface area contributed by atoms with Crippen LogP contribution in [0.4, 0.5) is 18.0 Å². The number of halogens is 3. The fourth-order valence-electron chi connectivity index (χ4n) is 3.33. The predicted octanol–water partition coefficient (Wildman–Crippen LogP) is 4.05. The molecule has 3 rings (SSSR count). The molecule has 1 aliphatic heterocycles. The number of piperidine rings is 1. The van der Waals surface area contributed by atoms with Crippen molar-refractivity contribution in [1.82, 2.24) is 15.2 Å². The van der Waals surface area contributed by atoms with Gasteiger partial charge in [0.2, 0.25) is 0 Å². The Bertz CT molecular complexity index is 792. The van der Waals surface area contributed by atoms with Crippen LogP contribution in [0, 0.1) is 23.4 Å². The van der Waals surface area contributed by atoms with E-state index in [1.54, 1.807) is 4.90 Å². The molecule has 0 saturated carbocycles. The van der Waals surface area contributed by atoms with Gasteiger partial charge in [-0.15, -0.1) is 0 Å². The highest BCUT2D eigenvalue weighted by molar-refractivity contribution is 5.74. The molecule has 2 heterocycles. The molecular weight excluding hydrogens is 355 g/mol. The van der Waals surface area contributed by atoms with Crippen LogP contribution in [0.3, 0.4) is 0 Å². The Hall–Kier alpha value is -2.57. The van der Waals surface area contributed by atoms with Gasteiger partial charge in [-0.25, -0.2) is 18.0 Å². The van der Waals surface area contributed by atoms with Crippen LogP contribution in [0.25, 0.3) is 0 Å². The van der Waals surface area contributed by atoms with Crippen molar-refractivity contribution in [2.75, 3.05) is 13.1 Å². The lowest BCUT2D eigenvalue weighted by atomic mass is 9.90. The highest BCUT2D eigenvalue weighted by Gasteiger charge is 2.23. The van der Waals surface area contributed by atoms with Crippen LogP contribution >= 0.6 is 0 Å². The topological polar surface area (TPSA) is 45.2 Å². The molecule has 1 saturated heterocycles. The summed E-state index contributed by atoms with van der Waals surface area (Å²) in [6.07, 6.45) is 4.50. The van der Waals surface area contributed by atoms with Crippen LogP contribution in [0.15, 0.2) is 36.5 Å². The summed E-state index contributed by atoms with van der Waals surface area (Å²) in [7, 11) is 0. The molecule has 0 spiro atoms. The summed E-state index contributed by atoms with van der Waals surface area (Å²) in [5.41, 5.74) is 0.732. The normalized spacial score (nSPS) is 15.0. The van der Waals surface area contributed by atoms with E-state index >= 15 is 0 Å². The number of benzene rings is 1. The summed E-state index contributed by atoms with van der Waals surface area (Å²) >= 11 is 0. The Morgan fingerprint density at radius 3 is 2.63 bits per heavy atom. The number of nitrogens with one attached hydrogen (secondary N) is 1. The van der Waals surface area contributed by atoms with E-state index in [0.29, 0.717) is 31.0 Å². The van der Waals surface area contributed by atoms with Gasteiger partial charge in [0.15, 0.2) is 0 Å². The molecule has 0 unspecified atom stereocenters. The van der Waals surface area contributed by atoms with Crippen LogP contribution in [0.5, 0.6) is 0 Å². The minimum atomic E-state index is -0.568. The van der Waals surface area contributed by atoms with Gasteiger partial charge >= 0.3 is 6.03 Å². The number of likely N-dealkylation sites (tertiary alicyclic amines) is 1. The molecule has 1 N–H and O–H groups in total. The summed E-state index contributed by atoms with van der Waals surface area (Å²) in [5, 5.41) is 2.69. The van der Waals surface area contributed by atoms with E-state index in [-0.39, 0.29) is 18.3 Å². The second kappa shape index (κ2) is 8.88. The Balaban J connectivity index is 1.41. The van der Waals surface area contributed by atoms with Crippen molar-refractivity contribution < 1.29 is 18.0 Å². The van der Waals surface area contributed by atoms with E-state index < -0.39 is 17.5 Å². The summed E-state index contributed by atoms with van der Waals surface area (Å²) in [6, 6.07) is 6.25. The van der Waals surface area contributed by atoms with Crippen LogP contribution in [-0.2, 0) is 13.0 Å². The van der Waals surface area contributed by atoms with Gasteiger partial charge in [-0.1, -0.05) is 6.07 Å². The first-order valence-electron chi connectivity index (χ1n) is 9.09. The van der Waals surface area contributed by atoms with Crippen LogP contribution in [0.2, 0.25) is 0 Å². The van der Waals surface area contributed by atoms with E-state index in [9.17, 15) is 18.0 Å². The quantitative estimate of drug-likeness (QED) is 0.854. The van der Waals surface area contributed by atoms with Crippen molar-refractivity contribution in [2.24, 2.45) is 5.92 Å². The molecular formula is C20H22F3N3O. The number of amides is 2. The van der Waals surface area contributed by atoms with Gasteiger partial charge in [-0.3, -0.25) is 4.98 Å². The molecule has 0 radical (unpaired) electrons. The zero-order valence-electron chi connectivity index (χ0n) is 14.9. The average Bonchev–Trinajstić information content (AvgIpc) is 2.67. The molecule has 7 heteroatoms. The molecule has 0 bridgehead atoms. The Morgan fingerprint density at radius 2 is 1.93 bits per heavy atom. The van der Waals surface area contributed by atoms with Gasteiger partial charge in [0.1, 0.15) is 17.5 Å². The first-order chi connectivity index (χ1) is 13.0. The van der Waals surface area contributed by atoms with Crippen LogP contribution < -0.4 is 5.32 Å². The predicted molar refractivity (Wildman–Crippen MR) is 95.4 cm³/mol. The minimum Gasteiger partial charge on any atom is -0.332 e. The first-order valence-corrected chi connectivity index (χ1v) is 9.09.